The molecule has 0 N–H and O–H groups in total. The number of thioether (sulfide) groups is 1. The van der Waals surface area contributed by atoms with Crippen LogP contribution >= 0.6 is 11.8 Å². The molecule has 0 aliphatic heterocycles. The summed E-state index contributed by atoms with van der Waals surface area (Å²) >= 11 is 1.38. The van der Waals surface area contributed by atoms with E-state index in [1.807, 2.05) is 10.6 Å². The van der Waals surface area contributed by atoms with Crippen molar-refractivity contribution in [3.05, 3.63) is 45.7 Å². The fraction of sp³-hybridized carbons (Fsp3) is 0.522. The average Bonchev–Trinajstić information content (AvgIpc) is 2.69. The molecule has 2 aromatic rings. The third-order valence-corrected chi connectivity index (χ3v) is 6.93. The smallest absolute Gasteiger partial charge is 0.258 e. The molecule has 4 nitrogen and oxygen atoms in total. The normalized spacial score (nSPS) is 17.2. The molecule has 28 heavy (non-hydrogen) atoms. The van der Waals surface area contributed by atoms with E-state index in [9.17, 15) is 4.79 Å². The number of nitrogens with zero attached hydrogens (tertiary/aromatic N) is 3. The van der Waals surface area contributed by atoms with Crippen molar-refractivity contribution in [2.24, 2.45) is 5.92 Å². The molecule has 4 rings (SSSR count). The van der Waals surface area contributed by atoms with E-state index in [1.54, 1.807) is 0 Å². The number of hydrogen-bond acceptors (Lipinski definition) is 4. The predicted molar refractivity (Wildman–Crippen MR) is 114 cm³/mol. The van der Waals surface area contributed by atoms with Crippen LogP contribution in [0.5, 0.6) is 0 Å². The summed E-state index contributed by atoms with van der Waals surface area (Å²) < 4.78 is 1.84. The Hall–Kier alpha value is -2.06. The van der Waals surface area contributed by atoms with Crippen molar-refractivity contribution in [1.29, 1.82) is 5.26 Å². The van der Waals surface area contributed by atoms with Gasteiger partial charge in [-0.1, -0.05) is 69.1 Å². The quantitative estimate of drug-likeness (QED) is 0.545. The van der Waals surface area contributed by atoms with E-state index >= 15 is 0 Å². The molecule has 1 fully saturated rings. The topological polar surface area (TPSA) is 58.7 Å². The van der Waals surface area contributed by atoms with E-state index in [0.717, 1.165) is 36.1 Å². The number of aromatic nitrogens is 2. The van der Waals surface area contributed by atoms with Crippen LogP contribution in [0.3, 0.4) is 0 Å². The molecule has 1 aromatic carbocycles. The summed E-state index contributed by atoms with van der Waals surface area (Å²) in [4.78, 5) is 18.9. The standard InChI is InChI=1S/C23H27N3OS/c1-16(2)15-26-21(27)19-20(25-22(26)28-13-12-24)18-9-5-4-8-17(18)14-23(19)10-6-3-7-11-23/h4-5,8-9,16H,3,6-7,10-11,13-15H2,1-2H3. The molecule has 1 saturated carbocycles. The summed E-state index contributed by atoms with van der Waals surface area (Å²) in [5.41, 5.74) is 4.25. The Morgan fingerprint density at radius 2 is 2.00 bits per heavy atom. The Balaban J connectivity index is 1.99. The van der Waals surface area contributed by atoms with Gasteiger partial charge < -0.3 is 0 Å². The van der Waals surface area contributed by atoms with Crippen LogP contribution in [0.25, 0.3) is 11.3 Å². The summed E-state index contributed by atoms with van der Waals surface area (Å²) in [5.74, 6) is 0.646. The molecule has 0 amide bonds. The fourth-order valence-electron chi connectivity index (χ4n) is 4.95. The highest BCUT2D eigenvalue weighted by molar-refractivity contribution is 7.99. The minimum atomic E-state index is -0.0802. The minimum absolute atomic E-state index is 0.0802. The summed E-state index contributed by atoms with van der Waals surface area (Å²) in [5, 5.41) is 9.76. The van der Waals surface area contributed by atoms with Crippen LogP contribution in [-0.2, 0) is 18.4 Å². The summed E-state index contributed by atoms with van der Waals surface area (Å²) in [6, 6.07) is 10.6. The van der Waals surface area contributed by atoms with E-state index < -0.39 is 0 Å². The number of fused-ring (bicyclic) bond motifs is 4. The van der Waals surface area contributed by atoms with Crippen molar-refractivity contribution < 1.29 is 0 Å². The van der Waals surface area contributed by atoms with Gasteiger partial charge in [-0.05, 0) is 30.7 Å². The van der Waals surface area contributed by atoms with Gasteiger partial charge in [0.15, 0.2) is 5.16 Å². The SMILES string of the molecule is CC(C)Cn1c(SCC#N)nc2c(c1=O)C1(CCCCC1)Cc1ccccc1-2. The van der Waals surface area contributed by atoms with E-state index in [1.165, 1.54) is 36.6 Å². The van der Waals surface area contributed by atoms with Crippen LogP contribution in [0, 0.1) is 17.2 Å². The van der Waals surface area contributed by atoms with Crippen molar-refractivity contribution in [2.45, 2.75) is 69.5 Å². The fourth-order valence-corrected chi connectivity index (χ4v) is 5.62. The van der Waals surface area contributed by atoms with Crippen molar-refractivity contribution in [3.63, 3.8) is 0 Å². The lowest BCUT2D eigenvalue weighted by Gasteiger charge is -2.42. The van der Waals surface area contributed by atoms with Gasteiger partial charge in [0.05, 0.1) is 23.1 Å². The zero-order chi connectivity index (χ0) is 19.7. The maximum atomic E-state index is 13.8. The molecule has 1 aromatic heterocycles. The Kier molecular flexibility index (Phi) is 5.33. The zero-order valence-electron chi connectivity index (χ0n) is 16.7. The Morgan fingerprint density at radius 3 is 2.71 bits per heavy atom. The molecule has 0 unspecified atom stereocenters. The highest BCUT2D eigenvalue weighted by Gasteiger charge is 2.43. The molecule has 0 saturated heterocycles. The van der Waals surface area contributed by atoms with E-state index in [-0.39, 0.29) is 11.0 Å². The highest BCUT2D eigenvalue weighted by Crippen LogP contribution is 2.48. The van der Waals surface area contributed by atoms with Gasteiger partial charge in [-0.3, -0.25) is 9.36 Å². The Morgan fingerprint density at radius 1 is 1.25 bits per heavy atom. The monoisotopic (exact) mass is 393 g/mol. The second-order valence-corrected chi connectivity index (χ2v) is 9.49. The van der Waals surface area contributed by atoms with Gasteiger partial charge in [-0.15, -0.1) is 0 Å². The minimum Gasteiger partial charge on any atom is -0.287 e. The van der Waals surface area contributed by atoms with Gasteiger partial charge in [-0.2, -0.15) is 5.26 Å². The number of hydrogen-bond donors (Lipinski definition) is 0. The van der Waals surface area contributed by atoms with Crippen molar-refractivity contribution in [2.75, 3.05) is 5.75 Å². The lowest BCUT2D eigenvalue weighted by Crippen LogP contribution is -2.43. The molecule has 2 aliphatic carbocycles. The molecule has 0 atom stereocenters. The maximum absolute atomic E-state index is 13.8. The zero-order valence-corrected chi connectivity index (χ0v) is 17.5. The third-order valence-electron chi connectivity index (χ3n) is 6.09. The summed E-state index contributed by atoms with van der Waals surface area (Å²) in [7, 11) is 0. The van der Waals surface area contributed by atoms with Crippen molar-refractivity contribution in [3.8, 4) is 17.3 Å². The lowest BCUT2D eigenvalue weighted by atomic mass is 9.62. The lowest BCUT2D eigenvalue weighted by molar-refractivity contribution is 0.281. The van der Waals surface area contributed by atoms with Gasteiger partial charge in [0.2, 0.25) is 0 Å². The van der Waals surface area contributed by atoms with Gasteiger partial charge in [0.1, 0.15) is 0 Å². The Labute approximate surface area is 171 Å². The molecular formula is C23H27N3OS. The molecule has 1 spiro atoms. The van der Waals surface area contributed by atoms with Crippen LogP contribution < -0.4 is 5.56 Å². The number of nitriles is 1. The summed E-state index contributed by atoms with van der Waals surface area (Å²) in [6.45, 7) is 4.89. The average molecular weight is 394 g/mol. The molecular weight excluding hydrogens is 366 g/mol. The van der Waals surface area contributed by atoms with Gasteiger partial charge in [0.25, 0.3) is 5.56 Å². The predicted octanol–water partition coefficient (Wildman–Crippen LogP) is 4.94. The van der Waals surface area contributed by atoms with Crippen LogP contribution in [0.2, 0.25) is 0 Å². The molecule has 0 radical (unpaired) electrons. The van der Waals surface area contributed by atoms with Crippen LogP contribution in [0.15, 0.2) is 34.2 Å². The maximum Gasteiger partial charge on any atom is 0.258 e. The van der Waals surface area contributed by atoms with Gasteiger partial charge >= 0.3 is 0 Å². The van der Waals surface area contributed by atoms with E-state index in [4.69, 9.17) is 10.2 Å². The molecule has 5 heteroatoms. The van der Waals surface area contributed by atoms with Crippen LogP contribution in [0.1, 0.15) is 57.1 Å². The first-order valence-electron chi connectivity index (χ1n) is 10.3. The first kappa shape index (κ1) is 19.3. The molecule has 1 heterocycles. The van der Waals surface area contributed by atoms with Crippen molar-refractivity contribution in [1.82, 2.24) is 9.55 Å². The summed E-state index contributed by atoms with van der Waals surface area (Å²) in [6.07, 6.45) is 6.68. The highest BCUT2D eigenvalue weighted by atomic mass is 32.2. The number of benzene rings is 1. The largest absolute Gasteiger partial charge is 0.287 e. The molecule has 2 aliphatic rings. The molecule has 146 valence electrons. The second-order valence-electron chi connectivity index (χ2n) is 8.55. The Bertz CT molecular complexity index is 980. The molecule has 0 bridgehead atoms. The van der Waals surface area contributed by atoms with Crippen LogP contribution in [0.4, 0.5) is 0 Å². The van der Waals surface area contributed by atoms with Gasteiger partial charge in [-0.25, -0.2) is 4.98 Å². The van der Waals surface area contributed by atoms with Crippen molar-refractivity contribution >= 4 is 11.8 Å². The first-order valence-corrected chi connectivity index (χ1v) is 11.3. The van der Waals surface area contributed by atoms with Crippen LogP contribution in [-0.4, -0.2) is 15.3 Å². The van der Waals surface area contributed by atoms with Gasteiger partial charge in [0, 0.05) is 17.5 Å². The first-order chi connectivity index (χ1) is 13.6. The van der Waals surface area contributed by atoms with E-state index in [2.05, 4.69) is 38.1 Å². The third kappa shape index (κ3) is 3.28. The second kappa shape index (κ2) is 7.75. The number of rotatable bonds is 4. The van der Waals surface area contributed by atoms with E-state index in [0.29, 0.717) is 23.4 Å².